The third kappa shape index (κ3) is 4.07. The molecule has 0 aliphatic carbocycles. The maximum atomic E-state index is 12.2. The molecule has 0 saturated carbocycles. The minimum absolute atomic E-state index is 0.0133. The number of piperazine rings is 1. The van der Waals surface area contributed by atoms with Gasteiger partial charge in [-0.1, -0.05) is 13.0 Å². The van der Waals surface area contributed by atoms with Gasteiger partial charge in [-0.05, 0) is 12.6 Å². The van der Waals surface area contributed by atoms with Crippen LogP contribution in [0.4, 0.5) is 10.6 Å². The molecule has 2 heterocycles. The molecule has 21 heavy (non-hydrogen) atoms. The highest BCUT2D eigenvalue weighted by Crippen LogP contribution is 2.14. The van der Waals surface area contributed by atoms with E-state index >= 15 is 0 Å². The van der Waals surface area contributed by atoms with E-state index < -0.39 is 0 Å². The Morgan fingerprint density at radius 3 is 2.67 bits per heavy atom. The van der Waals surface area contributed by atoms with E-state index in [-0.39, 0.29) is 6.03 Å². The molecule has 0 bridgehead atoms. The quantitative estimate of drug-likeness (QED) is 0.899. The van der Waals surface area contributed by atoms with Crippen molar-refractivity contribution in [1.82, 2.24) is 20.1 Å². The largest absolute Gasteiger partial charge is 0.362 e. The van der Waals surface area contributed by atoms with Gasteiger partial charge in [-0.15, -0.1) is 0 Å². The minimum Gasteiger partial charge on any atom is -0.362 e. The van der Waals surface area contributed by atoms with Gasteiger partial charge in [-0.2, -0.15) is 0 Å². The summed E-state index contributed by atoms with van der Waals surface area (Å²) >= 11 is 0. The van der Waals surface area contributed by atoms with Gasteiger partial charge < -0.3 is 20.0 Å². The lowest BCUT2D eigenvalue weighted by molar-refractivity contribution is 0.142. The molecule has 1 aliphatic heterocycles. The maximum absolute atomic E-state index is 12.2. The molecule has 1 aliphatic rings. The number of carbonyl (C=O) groups is 1. The third-order valence-electron chi connectivity index (χ3n) is 3.83. The highest BCUT2D eigenvalue weighted by molar-refractivity contribution is 5.74. The highest BCUT2D eigenvalue weighted by atomic mass is 16.2. The zero-order valence-electron chi connectivity index (χ0n) is 13.2. The van der Waals surface area contributed by atoms with Gasteiger partial charge in [-0.25, -0.2) is 9.78 Å². The molecule has 0 spiro atoms. The van der Waals surface area contributed by atoms with Gasteiger partial charge in [0.25, 0.3) is 0 Å². The molecule has 1 fully saturated rings. The molecule has 2 amide bonds. The number of urea groups is 1. The Morgan fingerprint density at radius 1 is 1.33 bits per heavy atom. The lowest BCUT2D eigenvalue weighted by Crippen LogP contribution is -2.51. The molecule has 1 aromatic heterocycles. The Balaban J connectivity index is 1.87. The number of aromatic nitrogens is 1. The zero-order chi connectivity index (χ0) is 15.2. The molecule has 6 heteroatoms. The van der Waals surface area contributed by atoms with Crippen LogP contribution in [-0.4, -0.2) is 67.6 Å². The Labute approximate surface area is 126 Å². The molecule has 0 atom stereocenters. The number of pyridine rings is 1. The summed E-state index contributed by atoms with van der Waals surface area (Å²) in [4.78, 5) is 22.8. The first-order valence-corrected chi connectivity index (χ1v) is 7.48. The van der Waals surface area contributed by atoms with Crippen LogP contribution in [0, 0.1) is 0 Å². The number of carbonyl (C=O) groups excluding carboxylic acids is 1. The van der Waals surface area contributed by atoms with Crippen molar-refractivity contribution in [2.24, 2.45) is 0 Å². The van der Waals surface area contributed by atoms with E-state index in [0.717, 1.165) is 44.1 Å². The predicted octanol–water partition coefficient (Wildman–Crippen LogP) is 0.995. The number of nitrogens with one attached hydrogen (secondary N) is 1. The van der Waals surface area contributed by atoms with E-state index in [1.165, 1.54) is 0 Å². The Bertz CT molecular complexity index is 469. The van der Waals surface area contributed by atoms with Crippen LogP contribution in [0.25, 0.3) is 0 Å². The number of amides is 2. The summed E-state index contributed by atoms with van der Waals surface area (Å²) in [7, 11) is 3.91. The van der Waals surface area contributed by atoms with Gasteiger partial charge in [0.15, 0.2) is 0 Å². The first-order chi connectivity index (χ1) is 10.1. The number of nitrogens with zero attached hydrogens (tertiary/aromatic N) is 4. The molecule has 1 saturated heterocycles. The summed E-state index contributed by atoms with van der Waals surface area (Å²) < 4.78 is 0. The van der Waals surface area contributed by atoms with E-state index in [2.05, 4.69) is 22.1 Å². The number of likely N-dealkylation sites (N-methyl/N-ethyl adjacent to an activating group) is 1. The fraction of sp³-hybridized carbons (Fsp3) is 0.600. The minimum atomic E-state index is 0.0133. The van der Waals surface area contributed by atoms with E-state index in [9.17, 15) is 4.79 Å². The first-order valence-electron chi connectivity index (χ1n) is 7.48. The molecule has 1 aromatic rings. The number of anilines is 1. The van der Waals surface area contributed by atoms with Crippen LogP contribution in [0.3, 0.4) is 0 Å². The average Bonchev–Trinajstić information content (AvgIpc) is 2.52. The first kappa shape index (κ1) is 15.6. The fourth-order valence-electron chi connectivity index (χ4n) is 2.52. The molecule has 6 nitrogen and oxygen atoms in total. The third-order valence-corrected chi connectivity index (χ3v) is 3.83. The second-order valence-electron chi connectivity index (χ2n) is 5.46. The lowest BCUT2D eigenvalue weighted by atomic mass is 10.2. The molecule has 0 unspecified atom stereocenters. The zero-order valence-corrected chi connectivity index (χ0v) is 13.2. The topological polar surface area (TPSA) is 51.7 Å². The summed E-state index contributed by atoms with van der Waals surface area (Å²) in [6.45, 7) is 7.23. The predicted molar refractivity (Wildman–Crippen MR) is 84.5 cm³/mol. The molecule has 116 valence electrons. The van der Waals surface area contributed by atoms with Crippen molar-refractivity contribution < 1.29 is 4.79 Å². The Kier molecular flexibility index (Phi) is 5.38. The highest BCUT2D eigenvalue weighted by Gasteiger charge is 2.20. The van der Waals surface area contributed by atoms with Gasteiger partial charge >= 0.3 is 6.03 Å². The van der Waals surface area contributed by atoms with Crippen molar-refractivity contribution in [3.8, 4) is 0 Å². The van der Waals surface area contributed by atoms with Crippen LogP contribution in [0.15, 0.2) is 18.3 Å². The van der Waals surface area contributed by atoms with Crippen LogP contribution in [0.5, 0.6) is 0 Å². The van der Waals surface area contributed by atoms with Crippen LogP contribution in [0.2, 0.25) is 0 Å². The van der Waals surface area contributed by atoms with Crippen molar-refractivity contribution in [3.63, 3.8) is 0 Å². The number of rotatable bonds is 4. The molecule has 0 radical (unpaired) electrons. The van der Waals surface area contributed by atoms with Crippen LogP contribution in [-0.2, 0) is 6.54 Å². The van der Waals surface area contributed by atoms with Crippen LogP contribution in [0.1, 0.15) is 12.5 Å². The van der Waals surface area contributed by atoms with E-state index in [1.54, 1.807) is 6.20 Å². The lowest BCUT2D eigenvalue weighted by Gasteiger charge is -2.34. The van der Waals surface area contributed by atoms with Gasteiger partial charge in [-0.3, -0.25) is 0 Å². The molecule has 2 rings (SSSR count). The maximum Gasteiger partial charge on any atom is 0.317 e. The number of hydrogen-bond donors (Lipinski definition) is 1. The van der Waals surface area contributed by atoms with Crippen molar-refractivity contribution in [1.29, 1.82) is 0 Å². The van der Waals surface area contributed by atoms with Crippen molar-refractivity contribution >= 4 is 11.8 Å². The van der Waals surface area contributed by atoms with E-state index in [0.29, 0.717) is 6.54 Å². The second kappa shape index (κ2) is 7.26. The number of hydrogen-bond acceptors (Lipinski definition) is 4. The summed E-state index contributed by atoms with van der Waals surface area (Å²) in [5.41, 5.74) is 1.03. The van der Waals surface area contributed by atoms with Crippen molar-refractivity contribution in [3.05, 3.63) is 23.9 Å². The summed E-state index contributed by atoms with van der Waals surface area (Å²) in [5.74, 6) is 0.897. The molecular weight excluding hydrogens is 266 g/mol. The molecular formula is C15H25N5O. The van der Waals surface area contributed by atoms with Crippen molar-refractivity contribution in [2.75, 3.05) is 51.7 Å². The monoisotopic (exact) mass is 291 g/mol. The van der Waals surface area contributed by atoms with Gasteiger partial charge in [0.1, 0.15) is 5.82 Å². The smallest absolute Gasteiger partial charge is 0.317 e. The Morgan fingerprint density at radius 2 is 2.05 bits per heavy atom. The van der Waals surface area contributed by atoms with Crippen LogP contribution >= 0.6 is 0 Å². The summed E-state index contributed by atoms with van der Waals surface area (Å²) in [6.07, 6.45) is 1.77. The Hall–Kier alpha value is -1.82. The van der Waals surface area contributed by atoms with Gasteiger partial charge in [0.2, 0.25) is 0 Å². The molecule has 1 N–H and O–H groups in total. The molecule has 0 aromatic carbocycles. The van der Waals surface area contributed by atoms with Crippen LogP contribution < -0.4 is 10.2 Å². The fourth-order valence-corrected chi connectivity index (χ4v) is 2.52. The summed E-state index contributed by atoms with van der Waals surface area (Å²) in [5, 5.41) is 3.00. The van der Waals surface area contributed by atoms with E-state index in [4.69, 9.17) is 0 Å². The van der Waals surface area contributed by atoms with Gasteiger partial charge in [0.05, 0.1) is 0 Å². The van der Waals surface area contributed by atoms with Crippen molar-refractivity contribution in [2.45, 2.75) is 13.5 Å². The van der Waals surface area contributed by atoms with Gasteiger partial charge in [0, 0.05) is 58.6 Å². The SMILES string of the molecule is CCN1CCN(C(=O)NCc2cccnc2N(C)C)CC1. The second-order valence-corrected chi connectivity index (χ2v) is 5.46. The normalized spacial score (nSPS) is 15.9. The average molecular weight is 291 g/mol. The standard InChI is InChI=1S/C15H25N5O/c1-4-19-8-10-20(11-9-19)15(21)17-12-13-6-5-7-16-14(13)18(2)3/h5-7H,4,8-12H2,1-3H3,(H,17,21). The summed E-state index contributed by atoms with van der Waals surface area (Å²) in [6, 6.07) is 3.91. The van der Waals surface area contributed by atoms with E-state index in [1.807, 2.05) is 36.0 Å².